The van der Waals surface area contributed by atoms with Crippen molar-refractivity contribution in [1.29, 1.82) is 5.26 Å². The maximum atomic E-state index is 13.1. The number of methoxy groups -OCH3 is 1. The largest absolute Gasteiger partial charge is 0.496 e. The van der Waals surface area contributed by atoms with Gasteiger partial charge in [-0.1, -0.05) is 31.5 Å². The summed E-state index contributed by atoms with van der Waals surface area (Å²) in [5.74, 6) is 0.949. The second kappa shape index (κ2) is 8.54. The van der Waals surface area contributed by atoms with Crippen molar-refractivity contribution < 1.29 is 9.53 Å². The molecule has 4 nitrogen and oxygen atoms in total. The normalized spacial score (nSPS) is 15.4. The van der Waals surface area contributed by atoms with Crippen molar-refractivity contribution in [2.75, 3.05) is 20.7 Å². The second-order valence-corrected chi connectivity index (χ2v) is 7.51. The Balaban J connectivity index is 1.87. The lowest BCUT2D eigenvalue weighted by Gasteiger charge is -2.36. The molecule has 0 radical (unpaired) electrons. The molecule has 27 heavy (non-hydrogen) atoms. The van der Waals surface area contributed by atoms with Crippen molar-refractivity contribution >= 4 is 16.6 Å². The van der Waals surface area contributed by atoms with Gasteiger partial charge in [-0.25, -0.2) is 0 Å². The smallest absolute Gasteiger partial charge is 0.167 e. The Morgan fingerprint density at radius 3 is 2.70 bits per heavy atom. The molecule has 0 bridgehead atoms. The van der Waals surface area contributed by atoms with Crippen molar-refractivity contribution in [3.63, 3.8) is 0 Å². The minimum atomic E-state index is 0.0184. The summed E-state index contributed by atoms with van der Waals surface area (Å²) in [7, 11) is 3.75. The Bertz CT molecular complexity index is 865. The standard InChI is InChI=1S/C23H28N2O2/c1-4-16(15-25(2)19-6-5-7-19)23(26)18-8-10-20-17(14-18)9-11-22(27-3)21(20)12-13-24/h8-11,14,16,19H,4-7,12,15H2,1-3H3. The molecule has 0 N–H and O–H groups in total. The summed E-state index contributed by atoms with van der Waals surface area (Å²) in [5.41, 5.74) is 1.64. The number of benzene rings is 2. The Labute approximate surface area is 161 Å². The van der Waals surface area contributed by atoms with Gasteiger partial charge in [0.1, 0.15) is 5.75 Å². The zero-order chi connectivity index (χ0) is 19.4. The number of ether oxygens (including phenoxy) is 1. The highest BCUT2D eigenvalue weighted by molar-refractivity contribution is 6.02. The van der Waals surface area contributed by atoms with E-state index in [9.17, 15) is 4.79 Å². The van der Waals surface area contributed by atoms with Gasteiger partial charge in [0.25, 0.3) is 0 Å². The first-order chi connectivity index (χ1) is 13.1. The van der Waals surface area contributed by atoms with E-state index in [0.717, 1.165) is 40.6 Å². The van der Waals surface area contributed by atoms with Crippen LogP contribution >= 0.6 is 0 Å². The molecule has 0 spiro atoms. The molecule has 1 fully saturated rings. The summed E-state index contributed by atoms with van der Waals surface area (Å²) in [5, 5.41) is 11.1. The third-order valence-corrected chi connectivity index (χ3v) is 5.92. The number of carbonyl (C=O) groups excluding carboxylic acids is 1. The Hall–Kier alpha value is -2.38. The molecule has 0 amide bonds. The van der Waals surface area contributed by atoms with E-state index in [1.807, 2.05) is 30.3 Å². The maximum absolute atomic E-state index is 13.1. The van der Waals surface area contributed by atoms with Crippen LogP contribution < -0.4 is 4.74 Å². The number of hydrogen-bond donors (Lipinski definition) is 0. The minimum absolute atomic E-state index is 0.0184. The monoisotopic (exact) mass is 364 g/mol. The van der Waals surface area contributed by atoms with Crippen LogP contribution in [0.3, 0.4) is 0 Å². The first kappa shape index (κ1) is 19.4. The zero-order valence-corrected chi connectivity index (χ0v) is 16.5. The van der Waals surface area contributed by atoms with Crippen LogP contribution in [0.4, 0.5) is 0 Å². The van der Waals surface area contributed by atoms with Crippen LogP contribution in [0.15, 0.2) is 30.3 Å². The van der Waals surface area contributed by atoms with E-state index in [0.29, 0.717) is 6.04 Å². The molecule has 2 aromatic carbocycles. The van der Waals surface area contributed by atoms with Gasteiger partial charge >= 0.3 is 0 Å². The van der Waals surface area contributed by atoms with Gasteiger partial charge < -0.3 is 9.64 Å². The highest BCUT2D eigenvalue weighted by Crippen LogP contribution is 2.30. The Morgan fingerprint density at radius 2 is 2.11 bits per heavy atom. The van der Waals surface area contributed by atoms with E-state index in [2.05, 4.69) is 24.9 Å². The summed E-state index contributed by atoms with van der Waals surface area (Å²) in [6, 6.07) is 12.5. The fourth-order valence-electron chi connectivity index (χ4n) is 3.94. The molecule has 1 unspecified atom stereocenters. The van der Waals surface area contributed by atoms with E-state index in [1.54, 1.807) is 7.11 Å². The van der Waals surface area contributed by atoms with Crippen molar-refractivity contribution in [3.8, 4) is 11.8 Å². The third-order valence-electron chi connectivity index (χ3n) is 5.92. The SMILES string of the molecule is CCC(CN(C)C1CCC1)C(=O)c1ccc2c(CC#N)c(OC)ccc2c1. The van der Waals surface area contributed by atoms with Gasteiger partial charge in [0.05, 0.1) is 19.6 Å². The third kappa shape index (κ3) is 3.99. The molecule has 1 aliphatic rings. The molecule has 1 atom stereocenters. The summed E-state index contributed by atoms with van der Waals surface area (Å²) in [6.45, 7) is 2.91. The van der Waals surface area contributed by atoms with Crippen LogP contribution in [0.25, 0.3) is 10.8 Å². The van der Waals surface area contributed by atoms with Crippen LogP contribution in [0, 0.1) is 17.2 Å². The van der Waals surface area contributed by atoms with Gasteiger partial charge in [-0.05, 0) is 49.2 Å². The maximum Gasteiger partial charge on any atom is 0.167 e. The predicted molar refractivity (Wildman–Crippen MR) is 108 cm³/mol. The number of hydrogen-bond acceptors (Lipinski definition) is 4. The number of nitriles is 1. The number of rotatable bonds is 8. The van der Waals surface area contributed by atoms with Gasteiger partial charge in [0.15, 0.2) is 5.78 Å². The summed E-state index contributed by atoms with van der Waals surface area (Å²) < 4.78 is 5.40. The molecule has 0 heterocycles. The molecule has 0 saturated heterocycles. The van der Waals surface area contributed by atoms with Crippen LogP contribution in [0.5, 0.6) is 5.75 Å². The van der Waals surface area contributed by atoms with Crippen molar-refractivity contribution in [2.45, 2.75) is 45.1 Å². The Kier molecular flexibility index (Phi) is 6.13. The van der Waals surface area contributed by atoms with E-state index >= 15 is 0 Å². The van der Waals surface area contributed by atoms with E-state index < -0.39 is 0 Å². The molecular formula is C23H28N2O2. The van der Waals surface area contributed by atoms with Gasteiger partial charge in [-0.3, -0.25) is 4.79 Å². The van der Waals surface area contributed by atoms with Crippen LogP contribution in [0.1, 0.15) is 48.5 Å². The van der Waals surface area contributed by atoms with E-state index in [4.69, 9.17) is 10.00 Å². The summed E-state index contributed by atoms with van der Waals surface area (Å²) in [4.78, 5) is 15.5. The van der Waals surface area contributed by atoms with Gasteiger partial charge in [0.2, 0.25) is 0 Å². The average Bonchev–Trinajstić information content (AvgIpc) is 2.64. The number of ketones is 1. The first-order valence-electron chi connectivity index (χ1n) is 9.80. The average molecular weight is 364 g/mol. The second-order valence-electron chi connectivity index (χ2n) is 7.51. The fraction of sp³-hybridized carbons (Fsp3) is 0.478. The Morgan fingerprint density at radius 1 is 1.33 bits per heavy atom. The van der Waals surface area contributed by atoms with Gasteiger partial charge in [-0.2, -0.15) is 5.26 Å². The molecule has 1 aliphatic carbocycles. The molecule has 142 valence electrons. The lowest BCUT2D eigenvalue weighted by atomic mass is 9.88. The molecule has 2 aromatic rings. The molecule has 0 aromatic heterocycles. The van der Waals surface area contributed by atoms with Crippen molar-refractivity contribution in [2.24, 2.45) is 5.92 Å². The molecular weight excluding hydrogens is 336 g/mol. The molecule has 3 rings (SSSR count). The molecule has 4 heteroatoms. The predicted octanol–water partition coefficient (Wildman–Crippen LogP) is 4.61. The highest BCUT2D eigenvalue weighted by Gasteiger charge is 2.27. The summed E-state index contributed by atoms with van der Waals surface area (Å²) >= 11 is 0. The fourth-order valence-corrected chi connectivity index (χ4v) is 3.94. The zero-order valence-electron chi connectivity index (χ0n) is 16.5. The van der Waals surface area contributed by atoms with Crippen molar-refractivity contribution in [3.05, 3.63) is 41.5 Å². The summed E-state index contributed by atoms with van der Waals surface area (Å²) in [6.07, 6.45) is 4.94. The lowest BCUT2D eigenvalue weighted by Crippen LogP contribution is -2.41. The van der Waals surface area contributed by atoms with Crippen molar-refractivity contribution in [1.82, 2.24) is 4.90 Å². The lowest BCUT2D eigenvalue weighted by molar-refractivity contribution is 0.0826. The highest BCUT2D eigenvalue weighted by atomic mass is 16.5. The number of fused-ring (bicyclic) bond motifs is 1. The molecule has 0 aliphatic heterocycles. The van der Waals surface area contributed by atoms with Gasteiger partial charge in [-0.15, -0.1) is 0 Å². The van der Waals surface area contributed by atoms with Gasteiger partial charge in [0, 0.05) is 29.6 Å². The number of carbonyl (C=O) groups is 1. The van der Waals surface area contributed by atoms with E-state index in [1.165, 1.54) is 19.3 Å². The van der Waals surface area contributed by atoms with Crippen LogP contribution in [-0.4, -0.2) is 37.4 Å². The number of Topliss-reactive ketones (excluding diaryl/α,β-unsaturated/α-hetero) is 1. The minimum Gasteiger partial charge on any atom is -0.496 e. The van der Waals surface area contributed by atoms with Crippen LogP contribution in [-0.2, 0) is 6.42 Å². The molecule has 1 saturated carbocycles. The van der Waals surface area contributed by atoms with E-state index in [-0.39, 0.29) is 18.1 Å². The first-order valence-corrected chi connectivity index (χ1v) is 9.80. The number of nitrogens with zero attached hydrogens (tertiary/aromatic N) is 2. The van der Waals surface area contributed by atoms with Crippen LogP contribution in [0.2, 0.25) is 0 Å². The topological polar surface area (TPSA) is 53.3 Å². The quantitative estimate of drug-likeness (QED) is 0.642.